The molecular weight excluding hydrogens is 416 g/mol. The lowest BCUT2D eigenvalue weighted by molar-refractivity contribution is 0.515. The van der Waals surface area contributed by atoms with Crippen molar-refractivity contribution in [2.45, 2.75) is 70.4 Å². The molecule has 0 atom stereocenters. The molecule has 2 saturated carbocycles. The predicted molar refractivity (Wildman–Crippen MR) is 128 cm³/mol. The van der Waals surface area contributed by atoms with E-state index in [0.29, 0.717) is 29.1 Å². The number of hydrogen-bond donors (Lipinski definition) is 2. The van der Waals surface area contributed by atoms with Gasteiger partial charge in [0.05, 0.1) is 6.20 Å². The predicted octanol–water partition coefficient (Wildman–Crippen LogP) is 4.36. The van der Waals surface area contributed by atoms with Crippen LogP contribution in [0.4, 0.5) is 17.3 Å². The Bertz CT molecular complexity index is 1360. The van der Waals surface area contributed by atoms with Gasteiger partial charge in [0.1, 0.15) is 11.3 Å². The largest absolute Gasteiger partial charge is 0.382 e. The van der Waals surface area contributed by atoms with Crippen LogP contribution in [0.1, 0.15) is 63.2 Å². The van der Waals surface area contributed by atoms with Gasteiger partial charge in [-0.3, -0.25) is 13.8 Å². The molecule has 2 fully saturated rings. The lowest BCUT2D eigenvalue weighted by Crippen LogP contribution is -2.27. The first-order valence-corrected chi connectivity index (χ1v) is 11.9. The van der Waals surface area contributed by atoms with Gasteiger partial charge in [-0.25, -0.2) is 4.98 Å². The van der Waals surface area contributed by atoms with Gasteiger partial charge in [-0.1, -0.05) is 25.7 Å². The highest BCUT2D eigenvalue weighted by Gasteiger charge is 2.25. The van der Waals surface area contributed by atoms with Crippen LogP contribution in [0.15, 0.2) is 35.3 Å². The second-order valence-electron chi connectivity index (χ2n) is 9.25. The SMILES string of the molecule is Cc1nnc2c(=O)n(C3CCCC3)c3nc(Nc4ccc(NC5CCCC5)cc4)ncc3n12. The van der Waals surface area contributed by atoms with Crippen LogP contribution in [0.25, 0.3) is 16.8 Å². The molecule has 9 nitrogen and oxygen atoms in total. The number of aryl methyl sites for hydroxylation is 1. The molecule has 0 spiro atoms. The molecule has 2 aliphatic rings. The minimum absolute atomic E-state index is 0.130. The van der Waals surface area contributed by atoms with Gasteiger partial charge >= 0.3 is 0 Å². The van der Waals surface area contributed by atoms with Crippen LogP contribution < -0.4 is 16.2 Å². The van der Waals surface area contributed by atoms with Crippen molar-refractivity contribution in [2.24, 2.45) is 0 Å². The van der Waals surface area contributed by atoms with Crippen LogP contribution >= 0.6 is 0 Å². The van der Waals surface area contributed by atoms with Crippen molar-refractivity contribution < 1.29 is 0 Å². The van der Waals surface area contributed by atoms with Crippen LogP contribution in [0.5, 0.6) is 0 Å². The molecule has 2 aliphatic carbocycles. The number of nitrogens with zero attached hydrogens (tertiary/aromatic N) is 6. The summed E-state index contributed by atoms with van der Waals surface area (Å²) in [5.74, 6) is 1.12. The van der Waals surface area contributed by atoms with E-state index in [1.807, 2.05) is 23.6 Å². The topological polar surface area (TPSA) is 102 Å². The van der Waals surface area contributed by atoms with Gasteiger partial charge in [-0.2, -0.15) is 4.98 Å². The summed E-state index contributed by atoms with van der Waals surface area (Å²) in [7, 11) is 0. The van der Waals surface area contributed by atoms with E-state index in [2.05, 4.69) is 37.9 Å². The Morgan fingerprint density at radius 1 is 0.909 bits per heavy atom. The monoisotopic (exact) mass is 444 g/mol. The first kappa shape index (κ1) is 20.1. The highest BCUT2D eigenvalue weighted by Crippen LogP contribution is 2.31. The van der Waals surface area contributed by atoms with Crippen molar-refractivity contribution in [1.82, 2.24) is 29.1 Å². The number of rotatable bonds is 5. The van der Waals surface area contributed by atoms with E-state index in [-0.39, 0.29) is 11.6 Å². The molecule has 9 heteroatoms. The van der Waals surface area contributed by atoms with Crippen molar-refractivity contribution in [1.29, 1.82) is 0 Å². The lowest BCUT2D eigenvalue weighted by atomic mass is 10.2. The fourth-order valence-corrected chi connectivity index (χ4v) is 5.34. The number of anilines is 3. The molecule has 0 amide bonds. The van der Waals surface area contributed by atoms with Gasteiger partial charge in [0.2, 0.25) is 11.6 Å². The number of fused-ring (bicyclic) bond motifs is 3. The number of aromatic nitrogens is 6. The summed E-state index contributed by atoms with van der Waals surface area (Å²) in [6.07, 6.45) is 11.0. The molecule has 0 saturated heterocycles. The number of nitrogens with one attached hydrogen (secondary N) is 2. The Balaban J connectivity index is 1.36. The smallest absolute Gasteiger partial charge is 0.298 e. The van der Waals surface area contributed by atoms with E-state index in [4.69, 9.17) is 4.98 Å². The summed E-state index contributed by atoms with van der Waals surface area (Å²) in [6.45, 7) is 1.84. The third-order valence-corrected chi connectivity index (χ3v) is 7.01. The Kier molecular flexibility index (Phi) is 4.96. The van der Waals surface area contributed by atoms with Gasteiger partial charge in [0, 0.05) is 23.5 Å². The second-order valence-corrected chi connectivity index (χ2v) is 9.25. The first-order chi connectivity index (χ1) is 16.2. The number of hydrogen-bond acceptors (Lipinski definition) is 7. The Morgan fingerprint density at radius 3 is 2.36 bits per heavy atom. The molecule has 1 aromatic carbocycles. The van der Waals surface area contributed by atoms with Crippen molar-refractivity contribution in [3.05, 3.63) is 46.6 Å². The van der Waals surface area contributed by atoms with Gasteiger partial charge in [-0.15, -0.1) is 10.2 Å². The normalized spacial score (nSPS) is 17.4. The minimum Gasteiger partial charge on any atom is -0.382 e. The van der Waals surface area contributed by atoms with E-state index in [1.54, 1.807) is 10.6 Å². The van der Waals surface area contributed by atoms with Crippen LogP contribution in [0.3, 0.4) is 0 Å². The third kappa shape index (κ3) is 3.61. The van der Waals surface area contributed by atoms with Gasteiger partial charge in [0.15, 0.2) is 5.65 Å². The summed E-state index contributed by atoms with van der Waals surface area (Å²) >= 11 is 0. The molecule has 0 unspecified atom stereocenters. The van der Waals surface area contributed by atoms with Crippen LogP contribution in [0.2, 0.25) is 0 Å². The highest BCUT2D eigenvalue weighted by atomic mass is 16.1. The van der Waals surface area contributed by atoms with Crippen molar-refractivity contribution >= 4 is 34.1 Å². The molecule has 33 heavy (non-hydrogen) atoms. The Labute approximate surface area is 191 Å². The fraction of sp³-hybridized carbons (Fsp3) is 0.458. The third-order valence-electron chi connectivity index (χ3n) is 7.01. The zero-order valence-corrected chi connectivity index (χ0v) is 18.8. The van der Waals surface area contributed by atoms with Crippen molar-refractivity contribution in [3.63, 3.8) is 0 Å². The minimum atomic E-state index is -0.137. The van der Waals surface area contributed by atoms with Gasteiger partial charge in [-0.05, 0) is 56.9 Å². The molecule has 0 aliphatic heterocycles. The van der Waals surface area contributed by atoms with E-state index in [0.717, 1.165) is 42.6 Å². The number of benzene rings is 1. The maximum atomic E-state index is 13.3. The average Bonchev–Trinajstić information content (AvgIpc) is 3.59. The first-order valence-electron chi connectivity index (χ1n) is 11.9. The molecule has 170 valence electrons. The van der Waals surface area contributed by atoms with E-state index >= 15 is 0 Å². The molecule has 2 N–H and O–H groups in total. The van der Waals surface area contributed by atoms with Gasteiger partial charge < -0.3 is 10.6 Å². The molecule has 0 bridgehead atoms. The summed E-state index contributed by atoms with van der Waals surface area (Å²) < 4.78 is 3.57. The van der Waals surface area contributed by atoms with Crippen LogP contribution in [-0.4, -0.2) is 35.2 Å². The maximum Gasteiger partial charge on any atom is 0.298 e. The second kappa shape index (κ2) is 8.13. The maximum absolute atomic E-state index is 13.3. The molecule has 3 aromatic heterocycles. The highest BCUT2D eigenvalue weighted by molar-refractivity contribution is 5.75. The zero-order valence-electron chi connectivity index (χ0n) is 18.8. The van der Waals surface area contributed by atoms with Crippen molar-refractivity contribution in [2.75, 3.05) is 10.6 Å². The molecule has 0 radical (unpaired) electrons. The summed E-state index contributed by atoms with van der Waals surface area (Å²) in [5, 5.41) is 15.2. The fourth-order valence-electron chi connectivity index (χ4n) is 5.34. The molecular formula is C24H28N8O. The average molecular weight is 445 g/mol. The molecule has 6 rings (SSSR count). The summed E-state index contributed by atoms with van der Waals surface area (Å²) in [6, 6.07) is 8.94. The van der Waals surface area contributed by atoms with Crippen LogP contribution in [-0.2, 0) is 0 Å². The Morgan fingerprint density at radius 2 is 1.61 bits per heavy atom. The van der Waals surface area contributed by atoms with Crippen molar-refractivity contribution in [3.8, 4) is 0 Å². The standard InChI is InChI=1S/C24H28N8O/c1-15-29-30-22-23(33)32(19-8-4-5-9-19)21-20(31(15)22)14-25-24(28-21)27-18-12-10-17(11-13-18)26-16-6-2-3-7-16/h10-14,16,19,26H,2-9H2,1H3,(H,25,27,28). The van der Waals surface area contributed by atoms with E-state index < -0.39 is 0 Å². The van der Waals surface area contributed by atoms with E-state index in [9.17, 15) is 4.79 Å². The summed E-state index contributed by atoms with van der Waals surface area (Å²) in [5.41, 5.74) is 3.61. The summed E-state index contributed by atoms with van der Waals surface area (Å²) in [4.78, 5) is 22.7. The molecule has 3 heterocycles. The van der Waals surface area contributed by atoms with Crippen LogP contribution in [0, 0.1) is 6.92 Å². The Hall–Kier alpha value is -3.49. The molecule has 4 aromatic rings. The lowest BCUT2D eigenvalue weighted by Gasteiger charge is -2.17. The van der Waals surface area contributed by atoms with Gasteiger partial charge in [0.25, 0.3) is 5.56 Å². The zero-order chi connectivity index (χ0) is 22.4. The van der Waals surface area contributed by atoms with E-state index in [1.165, 1.54) is 25.7 Å². The quantitative estimate of drug-likeness (QED) is 0.472.